The Hall–Kier alpha value is -2.08. The summed E-state index contributed by atoms with van der Waals surface area (Å²) in [6.45, 7) is 4.96. The maximum Gasteiger partial charge on any atom is 0.276 e. The normalized spacial score (nSPS) is 15.3. The molecule has 0 spiro atoms. The highest BCUT2D eigenvalue weighted by atomic mass is 35.5. The zero-order valence-corrected chi connectivity index (χ0v) is 17.9. The molecule has 2 aromatic rings. The lowest BCUT2D eigenvalue weighted by molar-refractivity contribution is -0.122. The fourth-order valence-corrected chi connectivity index (χ4v) is 3.70. The van der Waals surface area contributed by atoms with Gasteiger partial charge in [-0.3, -0.25) is 9.69 Å². The van der Waals surface area contributed by atoms with Crippen LogP contribution in [0.4, 0.5) is 0 Å². The smallest absolute Gasteiger partial charge is 0.276 e. The summed E-state index contributed by atoms with van der Waals surface area (Å²) < 4.78 is 5.81. The fourth-order valence-electron chi connectivity index (χ4n) is 2.81. The second kappa shape index (κ2) is 8.95. The number of hydrogen-bond acceptors (Lipinski definition) is 3. The molecule has 0 atom stereocenters. The Morgan fingerprint density at radius 2 is 1.82 bits per heavy atom. The van der Waals surface area contributed by atoms with Crippen LogP contribution >= 0.6 is 35.4 Å². The van der Waals surface area contributed by atoms with Crippen molar-refractivity contribution in [3.63, 3.8) is 0 Å². The molecule has 0 saturated carbocycles. The van der Waals surface area contributed by atoms with E-state index in [-0.39, 0.29) is 5.91 Å². The van der Waals surface area contributed by atoms with Gasteiger partial charge in [-0.1, -0.05) is 60.0 Å². The highest BCUT2D eigenvalue weighted by Crippen LogP contribution is 2.35. The summed E-state index contributed by atoms with van der Waals surface area (Å²) in [6, 6.07) is 11.5. The van der Waals surface area contributed by atoms with E-state index in [1.807, 2.05) is 38.1 Å². The first-order valence-electron chi connectivity index (χ1n) is 8.91. The maximum atomic E-state index is 12.4. The third kappa shape index (κ3) is 4.66. The van der Waals surface area contributed by atoms with Gasteiger partial charge in [0, 0.05) is 6.54 Å². The monoisotopic (exact) mass is 434 g/mol. The largest absolute Gasteiger partial charge is 0.486 e. The summed E-state index contributed by atoms with van der Waals surface area (Å²) in [7, 11) is 0. The predicted octanol–water partition coefficient (Wildman–Crippen LogP) is 5.35. The standard InChI is InChI=1S/C21H20Cl2N2O2S/c1-3-8-25-20(26)18(24-21(25)28)11-15-9-16(22)19(17(23)10-15)27-12-14-6-4-13(2)5-7-14/h4-7,9-11H,3,8,12H2,1-2H3,(H,24,28)/b18-11-. The van der Waals surface area contributed by atoms with Crippen molar-refractivity contribution in [1.82, 2.24) is 10.2 Å². The van der Waals surface area contributed by atoms with Gasteiger partial charge in [-0.2, -0.15) is 0 Å². The number of carbonyl (C=O) groups is 1. The van der Waals surface area contributed by atoms with Crippen LogP contribution in [0.1, 0.15) is 30.0 Å². The zero-order chi connectivity index (χ0) is 20.3. The van der Waals surface area contributed by atoms with Crippen LogP contribution in [0.15, 0.2) is 42.1 Å². The van der Waals surface area contributed by atoms with E-state index in [2.05, 4.69) is 5.32 Å². The Labute approximate surface area is 180 Å². The topological polar surface area (TPSA) is 41.6 Å². The lowest BCUT2D eigenvalue weighted by atomic mass is 10.1. The van der Waals surface area contributed by atoms with Gasteiger partial charge in [0.25, 0.3) is 5.91 Å². The molecule has 0 aromatic heterocycles. The van der Waals surface area contributed by atoms with E-state index in [0.717, 1.165) is 12.0 Å². The van der Waals surface area contributed by atoms with Crippen LogP contribution in [0.5, 0.6) is 5.75 Å². The van der Waals surface area contributed by atoms with Crippen molar-refractivity contribution in [3.8, 4) is 5.75 Å². The van der Waals surface area contributed by atoms with Crippen LogP contribution in [0, 0.1) is 6.92 Å². The zero-order valence-electron chi connectivity index (χ0n) is 15.6. The van der Waals surface area contributed by atoms with Crippen LogP contribution in [0.3, 0.4) is 0 Å². The molecule has 28 heavy (non-hydrogen) atoms. The molecule has 7 heteroatoms. The van der Waals surface area contributed by atoms with Gasteiger partial charge in [0.15, 0.2) is 10.9 Å². The van der Waals surface area contributed by atoms with Gasteiger partial charge in [0.2, 0.25) is 0 Å². The summed E-state index contributed by atoms with van der Waals surface area (Å²) in [5.74, 6) is 0.263. The SMILES string of the molecule is CCCN1C(=O)/C(=C/c2cc(Cl)c(OCc3ccc(C)cc3)c(Cl)c2)NC1=S. The lowest BCUT2D eigenvalue weighted by Crippen LogP contribution is -2.31. The van der Waals surface area contributed by atoms with Gasteiger partial charge >= 0.3 is 0 Å². The number of ether oxygens (including phenoxy) is 1. The van der Waals surface area contributed by atoms with Gasteiger partial charge in [-0.25, -0.2) is 0 Å². The van der Waals surface area contributed by atoms with E-state index >= 15 is 0 Å². The predicted molar refractivity (Wildman–Crippen MR) is 118 cm³/mol. The van der Waals surface area contributed by atoms with Crippen LogP contribution in [-0.4, -0.2) is 22.5 Å². The van der Waals surface area contributed by atoms with Crippen molar-refractivity contribution >= 4 is 52.5 Å². The molecule has 1 aliphatic heterocycles. The first kappa shape index (κ1) is 20.6. The minimum absolute atomic E-state index is 0.154. The van der Waals surface area contributed by atoms with Crippen molar-refractivity contribution in [2.45, 2.75) is 26.9 Å². The van der Waals surface area contributed by atoms with Gasteiger partial charge in [0.1, 0.15) is 12.3 Å². The molecule has 1 amide bonds. The molecule has 0 bridgehead atoms. The molecule has 1 aliphatic rings. The van der Waals surface area contributed by atoms with Gasteiger partial charge in [0.05, 0.1) is 10.0 Å². The van der Waals surface area contributed by atoms with Crippen molar-refractivity contribution in [3.05, 3.63) is 68.8 Å². The fraction of sp³-hybridized carbons (Fsp3) is 0.238. The summed E-state index contributed by atoms with van der Waals surface area (Å²) in [5.41, 5.74) is 3.30. The molecular weight excluding hydrogens is 415 g/mol. The second-order valence-electron chi connectivity index (χ2n) is 6.53. The second-order valence-corrected chi connectivity index (χ2v) is 7.73. The summed E-state index contributed by atoms with van der Waals surface area (Å²) >= 11 is 18.0. The molecule has 146 valence electrons. The number of thiocarbonyl (C=S) groups is 1. The summed E-state index contributed by atoms with van der Waals surface area (Å²) in [4.78, 5) is 14.0. The number of benzene rings is 2. The van der Waals surface area contributed by atoms with E-state index < -0.39 is 0 Å². The van der Waals surface area contributed by atoms with Crippen molar-refractivity contribution < 1.29 is 9.53 Å². The number of nitrogens with zero attached hydrogens (tertiary/aromatic N) is 1. The molecule has 0 radical (unpaired) electrons. The summed E-state index contributed by atoms with van der Waals surface area (Å²) in [5, 5.41) is 4.11. The Kier molecular flexibility index (Phi) is 6.60. The molecule has 1 saturated heterocycles. The number of carbonyl (C=O) groups excluding carboxylic acids is 1. The lowest BCUT2D eigenvalue weighted by Gasteiger charge is -2.12. The number of halogens is 2. The van der Waals surface area contributed by atoms with Crippen LogP contribution in [-0.2, 0) is 11.4 Å². The molecule has 1 fully saturated rings. The van der Waals surface area contributed by atoms with Crippen molar-refractivity contribution in [2.24, 2.45) is 0 Å². The van der Waals surface area contributed by atoms with E-state index in [1.54, 1.807) is 23.1 Å². The van der Waals surface area contributed by atoms with Gasteiger partial charge < -0.3 is 10.1 Å². The number of nitrogens with one attached hydrogen (secondary N) is 1. The van der Waals surface area contributed by atoms with Crippen molar-refractivity contribution in [1.29, 1.82) is 0 Å². The van der Waals surface area contributed by atoms with Crippen LogP contribution in [0.2, 0.25) is 10.0 Å². The first-order chi connectivity index (χ1) is 13.4. The first-order valence-corrected chi connectivity index (χ1v) is 10.1. The molecule has 2 aromatic carbocycles. The van der Waals surface area contributed by atoms with E-state index in [0.29, 0.717) is 45.3 Å². The van der Waals surface area contributed by atoms with E-state index in [9.17, 15) is 4.79 Å². The molecule has 1 heterocycles. The average Bonchev–Trinajstić information content (AvgIpc) is 2.90. The van der Waals surface area contributed by atoms with E-state index in [4.69, 9.17) is 40.2 Å². The number of rotatable bonds is 6. The van der Waals surface area contributed by atoms with E-state index in [1.165, 1.54) is 5.56 Å². The summed E-state index contributed by atoms with van der Waals surface area (Å²) in [6.07, 6.45) is 2.51. The molecular formula is C21H20Cl2N2O2S. The average molecular weight is 435 g/mol. The highest BCUT2D eigenvalue weighted by molar-refractivity contribution is 7.80. The number of amides is 1. The van der Waals surface area contributed by atoms with Crippen LogP contribution < -0.4 is 10.1 Å². The Morgan fingerprint density at radius 3 is 2.43 bits per heavy atom. The minimum Gasteiger partial charge on any atom is -0.486 e. The quantitative estimate of drug-likeness (QED) is 0.491. The van der Waals surface area contributed by atoms with Crippen LogP contribution in [0.25, 0.3) is 6.08 Å². The molecule has 3 rings (SSSR count). The number of aryl methyl sites for hydroxylation is 1. The van der Waals surface area contributed by atoms with Gasteiger partial charge in [-0.15, -0.1) is 0 Å². The highest BCUT2D eigenvalue weighted by Gasteiger charge is 2.29. The third-order valence-corrected chi connectivity index (χ3v) is 5.13. The third-order valence-electron chi connectivity index (χ3n) is 4.24. The Morgan fingerprint density at radius 1 is 1.18 bits per heavy atom. The Bertz CT molecular complexity index is 919. The maximum absolute atomic E-state index is 12.4. The molecule has 4 nitrogen and oxygen atoms in total. The number of hydrogen-bond donors (Lipinski definition) is 1. The Balaban J connectivity index is 1.77. The van der Waals surface area contributed by atoms with Crippen molar-refractivity contribution in [2.75, 3.05) is 6.54 Å². The molecule has 0 unspecified atom stereocenters. The van der Waals surface area contributed by atoms with Gasteiger partial charge in [-0.05, 0) is 54.9 Å². The molecule has 1 N–H and O–H groups in total. The molecule has 0 aliphatic carbocycles. The minimum atomic E-state index is -0.154.